The summed E-state index contributed by atoms with van der Waals surface area (Å²) < 4.78 is 11.2. The minimum atomic E-state index is -0.822. The quantitative estimate of drug-likeness (QED) is 0.194. The van der Waals surface area contributed by atoms with Crippen LogP contribution in [0, 0.1) is 10.1 Å². The summed E-state index contributed by atoms with van der Waals surface area (Å²) in [6.07, 6.45) is 1.37. The summed E-state index contributed by atoms with van der Waals surface area (Å²) in [5, 5.41) is 13.2. The molecule has 1 fully saturated rings. The Hall–Kier alpha value is -4.99. The molecule has 0 aromatic heterocycles. The van der Waals surface area contributed by atoms with Crippen molar-refractivity contribution in [2.24, 2.45) is 0 Å². The molecule has 10 heteroatoms. The fourth-order valence-electron chi connectivity index (χ4n) is 3.88. The minimum absolute atomic E-state index is 0.0427. The van der Waals surface area contributed by atoms with Gasteiger partial charge in [-0.15, -0.1) is 0 Å². The first-order valence-corrected chi connectivity index (χ1v) is 11.7. The summed E-state index contributed by atoms with van der Waals surface area (Å²) in [6, 6.07) is 17.1. The predicted molar refractivity (Wildman–Crippen MR) is 140 cm³/mol. The van der Waals surface area contributed by atoms with E-state index in [4.69, 9.17) is 9.47 Å². The Morgan fingerprint density at radius 1 is 1.00 bits per heavy atom. The Morgan fingerprint density at radius 2 is 1.74 bits per heavy atom. The van der Waals surface area contributed by atoms with E-state index < -0.39 is 22.8 Å². The molecule has 0 saturated carbocycles. The molecule has 10 nitrogen and oxygen atoms in total. The number of nitro groups is 1. The van der Waals surface area contributed by atoms with Crippen LogP contribution in [0.5, 0.6) is 11.5 Å². The second kappa shape index (κ2) is 11.0. The van der Waals surface area contributed by atoms with Gasteiger partial charge in [-0.3, -0.25) is 25.0 Å². The van der Waals surface area contributed by atoms with Crippen LogP contribution in [0.15, 0.2) is 72.3 Å². The van der Waals surface area contributed by atoms with Gasteiger partial charge in [-0.1, -0.05) is 44.2 Å². The molecule has 4 amide bonds. The topological polar surface area (TPSA) is 128 Å². The highest BCUT2D eigenvalue weighted by Gasteiger charge is 2.36. The van der Waals surface area contributed by atoms with Crippen LogP contribution in [0.4, 0.5) is 16.2 Å². The van der Waals surface area contributed by atoms with Gasteiger partial charge in [-0.05, 0) is 52.9 Å². The molecule has 1 saturated heterocycles. The molecule has 0 spiro atoms. The summed E-state index contributed by atoms with van der Waals surface area (Å²) in [4.78, 5) is 49.7. The van der Waals surface area contributed by atoms with Crippen molar-refractivity contribution in [2.45, 2.75) is 26.4 Å². The smallest absolute Gasteiger partial charge is 0.335 e. The molecule has 194 valence electrons. The Kier molecular flexibility index (Phi) is 7.52. The number of barbiturate groups is 1. The van der Waals surface area contributed by atoms with E-state index in [2.05, 4.69) is 5.32 Å². The zero-order valence-corrected chi connectivity index (χ0v) is 21.0. The van der Waals surface area contributed by atoms with Gasteiger partial charge >= 0.3 is 6.03 Å². The number of non-ortho nitro benzene ring substituents is 1. The summed E-state index contributed by atoms with van der Waals surface area (Å²) in [5.74, 6) is -0.589. The summed E-state index contributed by atoms with van der Waals surface area (Å²) in [6.45, 7) is 4.13. The van der Waals surface area contributed by atoms with Gasteiger partial charge in [0.25, 0.3) is 17.5 Å². The number of urea groups is 1. The van der Waals surface area contributed by atoms with E-state index in [9.17, 15) is 24.5 Å². The Labute approximate surface area is 218 Å². The fraction of sp³-hybridized carbons (Fsp3) is 0.179. The van der Waals surface area contributed by atoms with Crippen LogP contribution in [0.2, 0.25) is 0 Å². The van der Waals surface area contributed by atoms with Crippen LogP contribution in [-0.2, 0) is 16.2 Å². The monoisotopic (exact) mass is 515 g/mol. The van der Waals surface area contributed by atoms with Gasteiger partial charge in [0.2, 0.25) is 0 Å². The highest BCUT2D eigenvalue weighted by atomic mass is 16.6. The van der Waals surface area contributed by atoms with E-state index in [-0.39, 0.29) is 23.8 Å². The molecule has 1 aliphatic heterocycles. The number of hydrogen-bond acceptors (Lipinski definition) is 7. The van der Waals surface area contributed by atoms with Gasteiger partial charge < -0.3 is 9.47 Å². The first-order chi connectivity index (χ1) is 18.2. The van der Waals surface area contributed by atoms with Crippen LogP contribution >= 0.6 is 0 Å². The third-order valence-corrected chi connectivity index (χ3v) is 5.93. The Morgan fingerprint density at radius 3 is 2.39 bits per heavy atom. The molecule has 1 aliphatic rings. The van der Waals surface area contributed by atoms with Crippen molar-refractivity contribution in [1.29, 1.82) is 0 Å². The van der Waals surface area contributed by atoms with Gasteiger partial charge in [-0.25, -0.2) is 9.69 Å². The standard InChI is InChI=1S/C28H25N3O7/c1-17(2)20-8-10-21(11-9-20)30-27(33)23(26(32)29-28(30)34)14-18-7-12-24(25(15-18)37-3)38-16-19-5-4-6-22(13-19)31(35)36/h4-15,17H,16H2,1-3H3,(H,29,32,34)/b23-14-. The largest absolute Gasteiger partial charge is 0.493 e. The summed E-state index contributed by atoms with van der Waals surface area (Å²) in [7, 11) is 1.44. The molecule has 0 bridgehead atoms. The molecule has 0 radical (unpaired) electrons. The number of carbonyl (C=O) groups excluding carboxylic acids is 3. The lowest BCUT2D eigenvalue weighted by Gasteiger charge is -2.26. The number of ether oxygens (including phenoxy) is 2. The lowest BCUT2D eigenvalue weighted by atomic mass is 10.0. The van der Waals surface area contributed by atoms with E-state index in [1.807, 2.05) is 26.0 Å². The number of hydrogen-bond donors (Lipinski definition) is 1. The molecule has 0 atom stereocenters. The molecule has 3 aromatic rings. The second-order valence-electron chi connectivity index (χ2n) is 8.83. The maximum absolute atomic E-state index is 13.2. The van der Waals surface area contributed by atoms with Crippen molar-refractivity contribution < 1.29 is 28.8 Å². The number of nitrogens with one attached hydrogen (secondary N) is 1. The zero-order valence-electron chi connectivity index (χ0n) is 21.0. The van der Waals surface area contributed by atoms with Gasteiger partial charge in [0.15, 0.2) is 11.5 Å². The van der Waals surface area contributed by atoms with Crippen molar-refractivity contribution in [1.82, 2.24) is 5.32 Å². The number of rotatable bonds is 8. The first-order valence-electron chi connectivity index (χ1n) is 11.7. The molecule has 0 aliphatic carbocycles. The van der Waals surface area contributed by atoms with Crippen LogP contribution < -0.4 is 19.7 Å². The number of amides is 4. The number of nitro benzene ring substituents is 1. The number of carbonyl (C=O) groups is 3. The number of benzene rings is 3. The third-order valence-electron chi connectivity index (χ3n) is 5.93. The van der Waals surface area contributed by atoms with Crippen LogP contribution in [0.3, 0.4) is 0 Å². The molecular formula is C28H25N3O7. The number of anilines is 1. The zero-order chi connectivity index (χ0) is 27.4. The van der Waals surface area contributed by atoms with Gasteiger partial charge in [0.05, 0.1) is 17.7 Å². The van der Waals surface area contributed by atoms with Gasteiger partial charge in [-0.2, -0.15) is 0 Å². The fourth-order valence-corrected chi connectivity index (χ4v) is 3.88. The number of methoxy groups -OCH3 is 1. The van der Waals surface area contributed by atoms with E-state index in [1.54, 1.807) is 42.5 Å². The maximum Gasteiger partial charge on any atom is 0.335 e. The lowest BCUT2D eigenvalue weighted by Crippen LogP contribution is -2.54. The molecule has 1 N–H and O–H groups in total. The molecular weight excluding hydrogens is 490 g/mol. The minimum Gasteiger partial charge on any atom is -0.493 e. The van der Waals surface area contributed by atoms with Crippen LogP contribution in [0.25, 0.3) is 6.08 Å². The molecule has 0 unspecified atom stereocenters. The molecule has 3 aromatic carbocycles. The lowest BCUT2D eigenvalue weighted by molar-refractivity contribution is -0.384. The predicted octanol–water partition coefficient (Wildman–Crippen LogP) is 4.97. The highest BCUT2D eigenvalue weighted by molar-refractivity contribution is 6.39. The molecule has 38 heavy (non-hydrogen) atoms. The van der Waals surface area contributed by atoms with Crippen molar-refractivity contribution >= 4 is 35.3 Å². The van der Waals surface area contributed by atoms with E-state index in [1.165, 1.54) is 25.3 Å². The average Bonchev–Trinajstić information content (AvgIpc) is 2.90. The summed E-state index contributed by atoms with van der Waals surface area (Å²) in [5.41, 5.74) is 2.20. The van der Waals surface area contributed by atoms with Gasteiger partial charge in [0.1, 0.15) is 12.2 Å². The Balaban J connectivity index is 1.57. The number of imide groups is 2. The molecule has 4 rings (SSSR count). The van der Waals surface area contributed by atoms with E-state index in [0.29, 0.717) is 28.3 Å². The second-order valence-corrected chi connectivity index (χ2v) is 8.83. The molecule has 1 heterocycles. The number of nitrogens with zero attached hydrogens (tertiary/aromatic N) is 2. The van der Waals surface area contributed by atoms with Crippen molar-refractivity contribution in [3.63, 3.8) is 0 Å². The van der Waals surface area contributed by atoms with Crippen LogP contribution in [0.1, 0.15) is 36.5 Å². The SMILES string of the molecule is COc1cc(/C=C2/C(=O)NC(=O)N(c3ccc(C(C)C)cc3)C2=O)ccc1OCc1cccc([N+](=O)[O-])c1. The average molecular weight is 516 g/mol. The third kappa shape index (κ3) is 5.54. The van der Waals surface area contributed by atoms with E-state index >= 15 is 0 Å². The van der Waals surface area contributed by atoms with Crippen molar-refractivity contribution in [2.75, 3.05) is 12.0 Å². The van der Waals surface area contributed by atoms with Gasteiger partial charge in [0, 0.05) is 12.1 Å². The highest BCUT2D eigenvalue weighted by Crippen LogP contribution is 2.31. The maximum atomic E-state index is 13.2. The first kappa shape index (κ1) is 26.1. The normalized spacial score (nSPS) is 14.6. The summed E-state index contributed by atoms with van der Waals surface area (Å²) >= 11 is 0. The van der Waals surface area contributed by atoms with E-state index in [0.717, 1.165) is 10.5 Å². The Bertz CT molecular complexity index is 1450. The van der Waals surface area contributed by atoms with Crippen molar-refractivity contribution in [3.05, 3.63) is 99.1 Å². The van der Waals surface area contributed by atoms with Crippen molar-refractivity contribution in [3.8, 4) is 11.5 Å². The van der Waals surface area contributed by atoms with Crippen LogP contribution in [-0.4, -0.2) is 29.9 Å².